The number of rotatable bonds is 5. The molecule has 0 bridgehead atoms. The zero-order valence-corrected chi connectivity index (χ0v) is 12.0. The van der Waals surface area contributed by atoms with Crippen LogP contribution in [0.3, 0.4) is 0 Å². The molecule has 0 atom stereocenters. The number of benzene rings is 1. The first-order valence-electron chi connectivity index (χ1n) is 5.28. The van der Waals surface area contributed by atoms with Crippen molar-refractivity contribution >= 4 is 22.5 Å². The fourth-order valence-corrected chi connectivity index (χ4v) is 1.83. The Morgan fingerprint density at radius 3 is 2.18 bits per heavy atom. The highest BCUT2D eigenvalue weighted by Crippen LogP contribution is 2.21. The third-order valence-corrected chi connectivity index (χ3v) is 4.29. The standard InChI is InChI=1S/C12H18O3S2/c1-12(2,9-16)8-15-10-4-6-11(7-5-10)17(3,13)14/h4-7,16H,8-9H2,1-3H3. The molecule has 1 rings (SSSR count). The van der Waals surface area contributed by atoms with Gasteiger partial charge in [0.1, 0.15) is 5.75 Å². The fraction of sp³-hybridized carbons (Fsp3) is 0.500. The topological polar surface area (TPSA) is 43.4 Å². The van der Waals surface area contributed by atoms with E-state index in [-0.39, 0.29) is 5.41 Å². The van der Waals surface area contributed by atoms with Crippen LogP contribution in [0, 0.1) is 5.41 Å². The Hall–Kier alpha value is -0.680. The van der Waals surface area contributed by atoms with Gasteiger partial charge >= 0.3 is 0 Å². The zero-order valence-electron chi connectivity index (χ0n) is 10.3. The second-order valence-corrected chi connectivity index (χ2v) is 7.19. The van der Waals surface area contributed by atoms with Crippen molar-refractivity contribution in [2.45, 2.75) is 18.7 Å². The van der Waals surface area contributed by atoms with Crippen molar-refractivity contribution < 1.29 is 13.2 Å². The quantitative estimate of drug-likeness (QED) is 0.839. The highest BCUT2D eigenvalue weighted by molar-refractivity contribution is 7.90. The lowest BCUT2D eigenvalue weighted by atomic mass is 9.98. The molecule has 1 aromatic rings. The summed E-state index contributed by atoms with van der Waals surface area (Å²) in [5.41, 5.74) is -0.00137. The minimum Gasteiger partial charge on any atom is -0.493 e. The molecule has 0 unspecified atom stereocenters. The van der Waals surface area contributed by atoms with Gasteiger partial charge in [0, 0.05) is 11.7 Å². The smallest absolute Gasteiger partial charge is 0.175 e. The monoisotopic (exact) mass is 274 g/mol. The normalized spacial score (nSPS) is 12.5. The number of sulfone groups is 1. The van der Waals surface area contributed by atoms with Crippen LogP contribution in [0.5, 0.6) is 5.75 Å². The second-order valence-electron chi connectivity index (χ2n) is 4.85. The van der Waals surface area contributed by atoms with Gasteiger partial charge in [-0.05, 0) is 30.0 Å². The molecule has 0 saturated carbocycles. The predicted octanol–water partition coefficient (Wildman–Crippen LogP) is 2.42. The maximum atomic E-state index is 11.3. The molecule has 3 nitrogen and oxygen atoms in total. The molecule has 0 aliphatic carbocycles. The van der Waals surface area contributed by atoms with Crippen LogP contribution in [-0.2, 0) is 9.84 Å². The minimum atomic E-state index is -3.14. The van der Waals surface area contributed by atoms with Crippen molar-refractivity contribution in [3.05, 3.63) is 24.3 Å². The van der Waals surface area contributed by atoms with Crippen molar-refractivity contribution in [1.29, 1.82) is 0 Å². The third kappa shape index (κ3) is 4.60. The first kappa shape index (κ1) is 14.4. The summed E-state index contributed by atoms with van der Waals surface area (Å²) in [5, 5.41) is 0. The summed E-state index contributed by atoms with van der Waals surface area (Å²) in [6.45, 7) is 4.67. The van der Waals surface area contributed by atoms with E-state index in [4.69, 9.17) is 4.74 Å². The first-order chi connectivity index (χ1) is 7.74. The Morgan fingerprint density at radius 2 is 1.76 bits per heavy atom. The van der Waals surface area contributed by atoms with Crippen LogP contribution in [0.15, 0.2) is 29.2 Å². The van der Waals surface area contributed by atoms with E-state index in [9.17, 15) is 8.42 Å². The maximum absolute atomic E-state index is 11.3. The maximum Gasteiger partial charge on any atom is 0.175 e. The van der Waals surface area contributed by atoms with E-state index in [2.05, 4.69) is 26.5 Å². The first-order valence-corrected chi connectivity index (χ1v) is 7.81. The summed E-state index contributed by atoms with van der Waals surface area (Å²) >= 11 is 4.24. The van der Waals surface area contributed by atoms with Crippen molar-refractivity contribution in [3.63, 3.8) is 0 Å². The summed E-state index contributed by atoms with van der Waals surface area (Å²) in [4.78, 5) is 0.304. The molecule has 17 heavy (non-hydrogen) atoms. The number of hydrogen-bond donors (Lipinski definition) is 1. The summed E-state index contributed by atoms with van der Waals surface area (Å²) < 4.78 is 28.1. The van der Waals surface area contributed by atoms with Gasteiger partial charge in [-0.15, -0.1) is 0 Å². The van der Waals surface area contributed by atoms with E-state index in [1.807, 2.05) is 0 Å². The van der Waals surface area contributed by atoms with Gasteiger partial charge in [0.05, 0.1) is 11.5 Å². The van der Waals surface area contributed by atoms with Gasteiger partial charge in [0.25, 0.3) is 0 Å². The lowest BCUT2D eigenvalue weighted by Crippen LogP contribution is -2.23. The van der Waals surface area contributed by atoms with Crippen molar-refractivity contribution in [2.24, 2.45) is 5.41 Å². The summed E-state index contributed by atoms with van der Waals surface area (Å²) in [6, 6.07) is 6.45. The molecule has 0 spiro atoms. The Kier molecular flexibility index (Phi) is 4.49. The molecule has 0 heterocycles. The van der Waals surface area contributed by atoms with Crippen molar-refractivity contribution in [1.82, 2.24) is 0 Å². The molecule has 0 aromatic heterocycles. The average molecular weight is 274 g/mol. The highest BCUT2D eigenvalue weighted by Gasteiger charge is 2.16. The lowest BCUT2D eigenvalue weighted by molar-refractivity contribution is 0.202. The van der Waals surface area contributed by atoms with Crippen LogP contribution in [0.4, 0.5) is 0 Å². The molecule has 0 N–H and O–H groups in total. The molecule has 0 aliphatic rings. The predicted molar refractivity (Wildman–Crippen MR) is 72.7 cm³/mol. The highest BCUT2D eigenvalue weighted by atomic mass is 32.2. The summed E-state index contributed by atoms with van der Waals surface area (Å²) in [7, 11) is -3.14. The third-order valence-electron chi connectivity index (χ3n) is 2.31. The van der Waals surface area contributed by atoms with Crippen molar-refractivity contribution in [3.8, 4) is 5.75 Å². The van der Waals surface area contributed by atoms with E-state index in [1.165, 1.54) is 6.26 Å². The number of thiol groups is 1. The molecule has 0 saturated heterocycles. The molecule has 0 amide bonds. The van der Waals surface area contributed by atoms with Crippen LogP contribution in [0.2, 0.25) is 0 Å². The van der Waals surface area contributed by atoms with Gasteiger partial charge in [0.2, 0.25) is 0 Å². The Balaban J connectivity index is 2.70. The van der Waals surface area contributed by atoms with Gasteiger partial charge in [-0.25, -0.2) is 8.42 Å². The van der Waals surface area contributed by atoms with Crippen molar-refractivity contribution in [2.75, 3.05) is 18.6 Å². The summed E-state index contributed by atoms with van der Waals surface area (Å²) in [6.07, 6.45) is 1.19. The van der Waals surface area contributed by atoms with Crippen LogP contribution >= 0.6 is 12.6 Å². The fourth-order valence-electron chi connectivity index (χ4n) is 1.11. The SMILES string of the molecule is CC(C)(CS)COc1ccc(S(C)(=O)=O)cc1. The van der Waals surface area contributed by atoms with E-state index < -0.39 is 9.84 Å². The van der Waals surface area contributed by atoms with Gasteiger partial charge in [0.15, 0.2) is 9.84 Å². The molecule has 0 fully saturated rings. The molecule has 96 valence electrons. The number of ether oxygens (including phenoxy) is 1. The van der Waals surface area contributed by atoms with Gasteiger partial charge in [-0.2, -0.15) is 12.6 Å². The van der Waals surface area contributed by atoms with Crippen LogP contribution < -0.4 is 4.74 Å². The Bertz CT molecular complexity index is 461. The Labute approximate surface area is 109 Å². The molecular formula is C12H18O3S2. The van der Waals surface area contributed by atoms with Crippen LogP contribution in [-0.4, -0.2) is 27.0 Å². The molecule has 5 heteroatoms. The largest absolute Gasteiger partial charge is 0.493 e. The molecule has 0 radical (unpaired) electrons. The van der Waals surface area contributed by atoms with E-state index in [1.54, 1.807) is 24.3 Å². The molecule has 0 aliphatic heterocycles. The van der Waals surface area contributed by atoms with Gasteiger partial charge in [-0.3, -0.25) is 0 Å². The average Bonchev–Trinajstić information content (AvgIpc) is 2.26. The lowest BCUT2D eigenvalue weighted by Gasteiger charge is -2.22. The molecular weight excluding hydrogens is 256 g/mol. The van der Waals surface area contributed by atoms with Crippen LogP contribution in [0.25, 0.3) is 0 Å². The molecule has 1 aromatic carbocycles. The number of hydrogen-bond acceptors (Lipinski definition) is 4. The summed E-state index contributed by atoms with van der Waals surface area (Å²) in [5.74, 6) is 1.40. The van der Waals surface area contributed by atoms with E-state index >= 15 is 0 Å². The zero-order chi connectivity index (χ0) is 13.1. The van der Waals surface area contributed by atoms with E-state index in [0.717, 1.165) is 5.75 Å². The Morgan fingerprint density at radius 1 is 1.24 bits per heavy atom. The van der Waals surface area contributed by atoms with Gasteiger partial charge < -0.3 is 4.74 Å². The van der Waals surface area contributed by atoms with Gasteiger partial charge in [-0.1, -0.05) is 13.8 Å². The van der Waals surface area contributed by atoms with E-state index in [0.29, 0.717) is 17.3 Å². The minimum absolute atomic E-state index is 0.00137. The van der Waals surface area contributed by atoms with Crippen LogP contribution in [0.1, 0.15) is 13.8 Å². The second kappa shape index (κ2) is 5.31.